The fraction of sp³-hybridized carbons (Fsp3) is 0.571. The number of nitrogens with zero attached hydrogens (tertiary/aromatic N) is 2. The number of hydrogen-bond donors (Lipinski definition) is 1. The van der Waals surface area contributed by atoms with Crippen LogP contribution < -0.4 is 5.56 Å². The summed E-state index contributed by atoms with van der Waals surface area (Å²) >= 11 is 2.75. The van der Waals surface area contributed by atoms with Crippen molar-refractivity contribution in [2.24, 2.45) is 7.05 Å². The van der Waals surface area contributed by atoms with Crippen LogP contribution in [0.3, 0.4) is 0 Å². The molecule has 2 aliphatic rings. The van der Waals surface area contributed by atoms with Gasteiger partial charge in [0.2, 0.25) is 0 Å². The summed E-state index contributed by atoms with van der Waals surface area (Å²) < 4.78 is 24.8. The van der Waals surface area contributed by atoms with Crippen LogP contribution in [-0.2, 0) is 29.7 Å². The van der Waals surface area contributed by atoms with Gasteiger partial charge in [-0.25, -0.2) is 13.4 Å². The molecular formula is C14H16N2O4S3. The summed E-state index contributed by atoms with van der Waals surface area (Å²) in [5, 5.41) is 10.7. The van der Waals surface area contributed by atoms with E-state index in [2.05, 4.69) is 4.98 Å². The van der Waals surface area contributed by atoms with Crippen LogP contribution in [0, 0.1) is 0 Å². The van der Waals surface area contributed by atoms with Crippen LogP contribution in [0.4, 0.5) is 0 Å². The van der Waals surface area contributed by atoms with Crippen molar-refractivity contribution in [3.05, 3.63) is 20.8 Å². The zero-order valence-corrected chi connectivity index (χ0v) is 14.9. The highest BCUT2D eigenvalue weighted by atomic mass is 32.2. The highest BCUT2D eigenvalue weighted by molar-refractivity contribution is 8.01. The Bertz CT molecular complexity index is 961. The maximum atomic E-state index is 12.7. The SMILES string of the molecule is Cn1c(S[C@H]2CS(=O)(=O)C[C@@H]2O)nc2sc3c(c2c1=O)CCC3. The molecule has 124 valence electrons. The van der Waals surface area contributed by atoms with Gasteiger partial charge in [-0.05, 0) is 24.8 Å². The normalized spacial score (nSPS) is 26.0. The van der Waals surface area contributed by atoms with Gasteiger partial charge in [-0.3, -0.25) is 9.36 Å². The summed E-state index contributed by atoms with van der Waals surface area (Å²) in [6.07, 6.45) is 2.11. The topological polar surface area (TPSA) is 89.3 Å². The minimum atomic E-state index is -3.21. The number of thioether (sulfide) groups is 1. The molecule has 4 rings (SSSR count). The van der Waals surface area contributed by atoms with E-state index in [1.54, 1.807) is 18.4 Å². The molecule has 23 heavy (non-hydrogen) atoms. The highest BCUT2D eigenvalue weighted by Gasteiger charge is 2.38. The zero-order valence-electron chi connectivity index (χ0n) is 12.5. The molecule has 3 heterocycles. The Balaban J connectivity index is 1.77. The molecule has 0 unspecified atom stereocenters. The second-order valence-corrected chi connectivity index (χ2v) is 10.5. The monoisotopic (exact) mass is 372 g/mol. The Morgan fingerprint density at radius 1 is 1.35 bits per heavy atom. The Morgan fingerprint density at radius 2 is 2.13 bits per heavy atom. The third kappa shape index (κ3) is 2.54. The van der Waals surface area contributed by atoms with Crippen LogP contribution >= 0.6 is 23.1 Å². The van der Waals surface area contributed by atoms with Crippen molar-refractivity contribution >= 4 is 43.2 Å². The first-order valence-electron chi connectivity index (χ1n) is 7.42. The number of aliphatic hydroxyl groups excluding tert-OH is 1. The number of fused-ring (bicyclic) bond motifs is 3. The summed E-state index contributed by atoms with van der Waals surface area (Å²) in [7, 11) is -1.55. The lowest BCUT2D eigenvalue weighted by atomic mass is 10.2. The largest absolute Gasteiger partial charge is 0.391 e. The van der Waals surface area contributed by atoms with Crippen molar-refractivity contribution in [2.45, 2.75) is 35.8 Å². The lowest BCUT2D eigenvalue weighted by molar-refractivity contribution is 0.207. The molecule has 0 radical (unpaired) electrons. The third-order valence-corrected chi connectivity index (χ3v) is 8.91. The van der Waals surface area contributed by atoms with E-state index < -0.39 is 21.2 Å². The Hall–Kier alpha value is -0.900. The smallest absolute Gasteiger partial charge is 0.262 e. The second kappa shape index (κ2) is 5.30. The van der Waals surface area contributed by atoms with Gasteiger partial charge in [0.05, 0.1) is 28.2 Å². The van der Waals surface area contributed by atoms with E-state index in [1.165, 1.54) is 21.2 Å². The first kappa shape index (κ1) is 15.6. The maximum absolute atomic E-state index is 12.7. The molecule has 1 saturated heterocycles. The van der Waals surface area contributed by atoms with Gasteiger partial charge < -0.3 is 5.11 Å². The van der Waals surface area contributed by atoms with E-state index in [-0.39, 0.29) is 17.1 Å². The van der Waals surface area contributed by atoms with E-state index in [0.717, 1.165) is 29.7 Å². The van der Waals surface area contributed by atoms with Gasteiger partial charge >= 0.3 is 0 Å². The number of aromatic nitrogens is 2. The lowest BCUT2D eigenvalue weighted by Crippen LogP contribution is -2.24. The number of aliphatic hydroxyl groups is 1. The van der Waals surface area contributed by atoms with Crippen LogP contribution in [-0.4, -0.2) is 45.9 Å². The molecular weight excluding hydrogens is 356 g/mol. The van der Waals surface area contributed by atoms with Gasteiger partial charge in [0.1, 0.15) is 4.83 Å². The minimum absolute atomic E-state index is 0.0757. The molecule has 1 N–H and O–H groups in total. The second-order valence-electron chi connectivity index (χ2n) is 6.10. The first-order chi connectivity index (χ1) is 10.9. The summed E-state index contributed by atoms with van der Waals surface area (Å²) in [4.78, 5) is 19.2. The summed E-state index contributed by atoms with van der Waals surface area (Å²) in [5.41, 5.74) is 1.06. The quantitative estimate of drug-likeness (QED) is 0.782. The van der Waals surface area contributed by atoms with E-state index in [4.69, 9.17) is 0 Å². The highest BCUT2D eigenvalue weighted by Crippen LogP contribution is 2.36. The number of aryl methyl sites for hydroxylation is 2. The van der Waals surface area contributed by atoms with E-state index in [9.17, 15) is 18.3 Å². The molecule has 1 aliphatic carbocycles. The lowest BCUT2D eigenvalue weighted by Gasteiger charge is -2.13. The van der Waals surface area contributed by atoms with Gasteiger partial charge in [-0.15, -0.1) is 11.3 Å². The average Bonchev–Trinajstić information content (AvgIpc) is 3.08. The molecule has 0 bridgehead atoms. The van der Waals surface area contributed by atoms with Crippen LogP contribution in [0.25, 0.3) is 10.2 Å². The van der Waals surface area contributed by atoms with Gasteiger partial charge in [0.15, 0.2) is 15.0 Å². The fourth-order valence-electron chi connectivity index (χ4n) is 3.26. The molecule has 6 nitrogen and oxygen atoms in total. The van der Waals surface area contributed by atoms with Crippen LogP contribution in [0.5, 0.6) is 0 Å². The molecule has 2 aromatic heterocycles. The predicted molar refractivity (Wildman–Crippen MR) is 91.2 cm³/mol. The summed E-state index contributed by atoms with van der Waals surface area (Å²) in [6.45, 7) is 0. The van der Waals surface area contributed by atoms with Gasteiger partial charge in [-0.1, -0.05) is 11.8 Å². The fourth-order valence-corrected chi connectivity index (χ4v) is 8.10. The molecule has 1 aliphatic heterocycles. The van der Waals surface area contributed by atoms with Crippen molar-refractivity contribution < 1.29 is 13.5 Å². The van der Waals surface area contributed by atoms with Crippen molar-refractivity contribution in [1.82, 2.24) is 9.55 Å². The van der Waals surface area contributed by atoms with Crippen LogP contribution in [0.15, 0.2) is 9.95 Å². The van der Waals surface area contributed by atoms with Crippen molar-refractivity contribution in [1.29, 1.82) is 0 Å². The number of sulfone groups is 1. The molecule has 1 fully saturated rings. The molecule has 0 aromatic carbocycles. The number of rotatable bonds is 2. The molecule has 2 atom stereocenters. The molecule has 0 saturated carbocycles. The van der Waals surface area contributed by atoms with Gasteiger partial charge in [-0.2, -0.15) is 0 Å². The number of thiophene rings is 1. The van der Waals surface area contributed by atoms with Gasteiger partial charge in [0, 0.05) is 11.9 Å². The van der Waals surface area contributed by atoms with Gasteiger partial charge in [0.25, 0.3) is 5.56 Å². The van der Waals surface area contributed by atoms with E-state index in [0.29, 0.717) is 10.5 Å². The Morgan fingerprint density at radius 3 is 2.83 bits per heavy atom. The standard InChI is InChI=1S/C14H16N2O4S3/c1-16-13(18)11-7-3-2-4-9(7)21-12(11)15-14(16)22-10-6-23(19,20)5-8(10)17/h8,10,17H,2-6H2,1H3/t8-,10-/m0/s1. The zero-order chi connectivity index (χ0) is 16.4. The molecule has 2 aromatic rings. The van der Waals surface area contributed by atoms with Crippen molar-refractivity contribution in [3.63, 3.8) is 0 Å². The molecule has 0 spiro atoms. The minimum Gasteiger partial charge on any atom is -0.391 e. The summed E-state index contributed by atoms with van der Waals surface area (Å²) in [6, 6.07) is 0. The van der Waals surface area contributed by atoms with Crippen molar-refractivity contribution in [2.75, 3.05) is 11.5 Å². The molecule has 0 amide bonds. The van der Waals surface area contributed by atoms with E-state index >= 15 is 0 Å². The van der Waals surface area contributed by atoms with Crippen molar-refractivity contribution in [3.8, 4) is 0 Å². The summed E-state index contributed by atoms with van der Waals surface area (Å²) in [5.74, 6) is -0.290. The first-order valence-corrected chi connectivity index (χ1v) is 10.9. The predicted octanol–water partition coefficient (Wildman–Crippen LogP) is 0.734. The number of hydrogen-bond acceptors (Lipinski definition) is 7. The third-order valence-electron chi connectivity index (χ3n) is 4.43. The average molecular weight is 372 g/mol. The van der Waals surface area contributed by atoms with Crippen LogP contribution in [0.1, 0.15) is 16.9 Å². The van der Waals surface area contributed by atoms with E-state index in [1.807, 2.05) is 0 Å². The van der Waals surface area contributed by atoms with Crippen LogP contribution in [0.2, 0.25) is 0 Å². The Kier molecular flexibility index (Phi) is 3.60. The maximum Gasteiger partial charge on any atom is 0.262 e. The Labute approximate surface area is 141 Å². The molecule has 9 heteroatoms.